The van der Waals surface area contributed by atoms with Gasteiger partial charge in [-0.15, -0.1) is 24.0 Å². The van der Waals surface area contributed by atoms with E-state index in [-0.39, 0.29) is 140 Å². The van der Waals surface area contributed by atoms with Crippen LogP contribution in [0, 0.1) is 11.5 Å². The van der Waals surface area contributed by atoms with Gasteiger partial charge in [0.1, 0.15) is 59.9 Å². The molecule has 0 unspecified atom stereocenters. The van der Waals surface area contributed by atoms with Crippen molar-refractivity contribution >= 4 is 373 Å². The molecule has 0 spiro atoms. The molecule has 664 valence electrons. The van der Waals surface area contributed by atoms with Crippen molar-refractivity contribution in [3.05, 3.63) is 135 Å². The van der Waals surface area contributed by atoms with Crippen molar-refractivity contribution in [1.82, 2.24) is 14.7 Å². The van der Waals surface area contributed by atoms with Crippen LogP contribution in [0.1, 0.15) is 121 Å². The summed E-state index contributed by atoms with van der Waals surface area (Å²) in [6.07, 6.45) is 3.27. The van der Waals surface area contributed by atoms with Gasteiger partial charge in [0, 0.05) is 155 Å². The number of hydrogen-bond acceptors (Lipinski definition) is 28. The SMILES string of the molecule is COc1cccc2c1N(C(=O)CN1C(=O)CCC1=O)C(C)(C)c1ssc(=S)c1-2.COc1cccc2c1N(C(=O)CN1C(=O)CCC1=O)C(C)(C)c1ssc(=S)c1-2.COc1cccc2c1NC(C)(C)C=C2C.COc1cccc2c1NC(C)(C)c1ssc(=S)c1-2.COc1ccccc1N.I.II.I[I-]I.I[I-]I.O=C(Cl)CN1C(=O)CCC1=O.S=S=S=S. The number of nitrogen functional groups attached to an aromatic ring is 1. The second kappa shape index (κ2) is 52.3. The molecule has 0 radical (unpaired) electrons. The number of nitrogens with two attached hydrogens (primary N) is 1. The van der Waals surface area contributed by atoms with E-state index in [0.717, 1.165) is 92.4 Å². The van der Waals surface area contributed by atoms with E-state index < -0.39 is 16.3 Å². The van der Waals surface area contributed by atoms with Gasteiger partial charge >= 0.3 is 101 Å². The number of allylic oxidation sites excluding steroid dienone is 1. The number of halogens is 10. The second-order valence-corrected chi connectivity index (χ2v) is 72.8. The summed E-state index contributed by atoms with van der Waals surface area (Å²) in [6.45, 7) is 17.8. The van der Waals surface area contributed by atoms with E-state index in [1.54, 1.807) is 105 Å². The third kappa shape index (κ3) is 27.7. The van der Waals surface area contributed by atoms with Crippen molar-refractivity contribution < 1.29 is 93.3 Å². The molecule has 3 fully saturated rings. The first-order valence-corrected chi connectivity index (χ1v) is 78.9. The summed E-state index contributed by atoms with van der Waals surface area (Å²) in [6, 6.07) is 30.8. The number of benzene rings is 5. The molecular formula is C77H82ClI9N8O14S13-2. The van der Waals surface area contributed by atoms with Gasteiger partial charge in [0.15, 0.2) is 0 Å². The van der Waals surface area contributed by atoms with Crippen molar-refractivity contribution in [3.63, 3.8) is 0 Å². The number of carbonyl (C=O) groups excluding carboxylic acids is 9. The van der Waals surface area contributed by atoms with Crippen LogP contribution in [0.3, 0.4) is 0 Å². The first-order valence-electron chi connectivity index (χ1n) is 35.4. The normalized spacial score (nSPS) is 15.3. The average molecular weight is 2940 g/mol. The van der Waals surface area contributed by atoms with Crippen LogP contribution in [0.4, 0.5) is 28.4 Å². The molecule has 5 aromatic carbocycles. The van der Waals surface area contributed by atoms with Crippen LogP contribution in [0.5, 0.6) is 28.7 Å². The molecule has 0 atom stereocenters. The zero-order chi connectivity index (χ0) is 90.3. The minimum absolute atomic E-state index is 0. The number of methoxy groups -OCH3 is 5. The molecule has 3 aromatic heterocycles. The van der Waals surface area contributed by atoms with Crippen molar-refractivity contribution in [2.75, 3.05) is 81.4 Å². The Kier molecular flexibility index (Phi) is 47.7. The monoisotopic (exact) mass is 2940 g/mol. The summed E-state index contributed by atoms with van der Waals surface area (Å²) in [7, 11) is 20.0. The molecule has 7 aliphatic rings. The Morgan fingerprint density at radius 3 is 1.11 bits per heavy atom. The zero-order valence-electron chi connectivity index (χ0n) is 67.3. The number of likely N-dealkylation sites (tertiary alicyclic amines) is 3. The van der Waals surface area contributed by atoms with Crippen LogP contribution >= 0.6 is 246 Å². The molecule has 10 heterocycles. The molecule has 3 saturated heterocycles. The number of nitrogens with zero attached hydrogens (tertiary/aromatic N) is 5. The summed E-state index contributed by atoms with van der Waals surface area (Å²) in [5, 5.41) is 6.37. The molecule has 4 N–H and O–H groups in total. The van der Waals surface area contributed by atoms with E-state index in [2.05, 4.69) is 198 Å². The van der Waals surface area contributed by atoms with Gasteiger partial charge in [-0.05, 0) is 116 Å². The number of fused-ring (bicyclic) bond motifs is 10. The Hall–Kier alpha value is -1.18. The van der Waals surface area contributed by atoms with Gasteiger partial charge in [-0.25, -0.2) is 0 Å². The van der Waals surface area contributed by atoms with Gasteiger partial charge in [-0.1, -0.05) is 165 Å². The molecule has 8 amide bonds. The van der Waals surface area contributed by atoms with Crippen LogP contribution in [0.2, 0.25) is 0 Å². The maximum absolute atomic E-state index is 13.4. The number of hydrogen-bond donors (Lipinski definition) is 3. The molecule has 22 nitrogen and oxygen atoms in total. The van der Waals surface area contributed by atoms with E-state index in [1.807, 2.05) is 94.4 Å². The minimum atomic E-state index is -0.696. The van der Waals surface area contributed by atoms with Gasteiger partial charge in [0.05, 0.1) is 101 Å². The summed E-state index contributed by atoms with van der Waals surface area (Å²) in [5.41, 5.74) is 16.6. The molecule has 0 saturated carbocycles. The Labute approximate surface area is 867 Å². The molecule has 0 aliphatic carbocycles. The zero-order valence-corrected chi connectivity index (χ0v) is 98.3. The molecule has 8 aromatic rings. The van der Waals surface area contributed by atoms with Gasteiger partial charge in [-0.2, -0.15) is 0 Å². The number of para-hydroxylation sites is 6. The van der Waals surface area contributed by atoms with Gasteiger partial charge < -0.3 is 40.1 Å². The smallest absolute Gasteiger partial charge is 0.241 e. The number of amides is 8. The van der Waals surface area contributed by atoms with E-state index >= 15 is 0 Å². The van der Waals surface area contributed by atoms with Crippen molar-refractivity contribution in [2.45, 2.75) is 123 Å². The van der Waals surface area contributed by atoms with Gasteiger partial charge in [-0.3, -0.25) is 67.7 Å². The van der Waals surface area contributed by atoms with Crippen molar-refractivity contribution in [1.29, 1.82) is 0 Å². The number of anilines is 5. The minimum Gasteiger partial charge on any atom is -0.279 e. The van der Waals surface area contributed by atoms with Gasteiger partial charge in [0.25, 0.3) is 0 Å². The molecule has 15 rings (SSSR count). The fraction of sp³-hybridized carbons (Fsp3) is 0.351. The van der Waals surface area contributed by atoms with Crippen LogP contribution in [0.25, 0.3) is 39.0 Å². The number of ether oxygens (including phenoxy) is 5. The number of carbonyl (C=O) groups is 9. The fourth-order valence-corrected chi connectivity index (χ4v) is 23.7. The summed E-state index contributed by atoms with van der Waals surface area (Å²) < 4.78 is 29.4. The third-order valence-corrected chi connectivity index (χ3v) is 31.1. The number of imide groups is 3. The molecular weight excluding hydrogens is 2860 g/mol. The Balaban J connectivity index is 0.000000262. The Morgan fingerprint density at radius 1 is 0.467 bits per heavy atom. The van der Waals surface area contributed by atoms with Crippen LogP contribution < -0.4 is 76.4 Å². The maximum Gasteiger partial charge on any atom is 0.241 e. The molecule has 0 bridgehead atoms. The molecule has 45 heteroatoms. The fourth-order valence-electron chi connectivity index (χ4n) is 13.7. The maximum atomic E-state index is 13.4. The van der Waals surface area contributed by atoms with E-state index in [9.17, 15) is 43.2 Å². The van der Waals surface area contributed by atoms with E-state index in [4.69, 9.17) is 77.7 Å². The summed E-state index contributed by atoms with van der Waals surface area (Å²) >= 11 is 45.1. The van der Waals surface area contributed by atoms with Crippen LogP contribution in [-0.4, -0.2) is 128 Å². The summed E-state index contributed by atoms with van der Waals surface area (Å²) in [5.74, 6) is 1.11. The van der Waals surface area contributed by atoms with Crippen LogP contribution in [0.15, 0.2) is 103 Å². The standard InChI is InChI=1S/2C19H18N2O4S3.C13H13NOS3.C13H17NO.C7H9NO.C6H6ClNO3.2I3.I2.HI.S4/c2*1-19(2)17-15(18(26)28-27-17)10-5-4-6-11(25-3)16(10)21(19)14(24)9-20-12(22)7-8-13(20)23;1-13(2)11-9(12(16)18-17-11)7-5-4-6-8(15-3)10(7)14-13;1-9-8-13(2,3)14-12-10(9)6-5-7-11(12)15-4;1-9-7-5-3-2-4-6(7)8;7-4(9)3-8-5(10)1-2-6(8)11;2*1-3-2;1-2;;1-3-4-2/h2*4-6H,7-9H2,1-3H3;4-6,14H,1-3H3;5-8,14H,1-4H3;2-5H,8H2,1H3;1-3H2;;;;1H;/q;;;;;;2*-1;;;. The Bertz CT molecular complexity index is 5250. The van der Waals surface area contributed by atoms with E-state index in [0.29, 0.717) is 55.1 Å². The number of rotatable bonds is 11. The first-order chi connectivity index (χ1) is 57.3. The van der Waals surface area contributed by atoms with Gasteiger partial charge in [0.2, 0.25) is 52.5 Å². The second-order valence-electron chi connectivity index (χ2n) is 27.9. The van der Waals surface area contributed by atoms with Crippen molar-refractivity contribution in [2.24, 2.45) is 0 Å². The largest absolute Gasteiger partial charge is 0.279 e. The average Bonchev–Trinajstić information content (AvgIpc) is 1.46. The van der Waals surface area contributed by atoms with Crippen LogP contribution in [-0.2, 0) is 99.9 Å². The quantitative estimate of drug-likeness (QED) is 0.0271. The predicted molar refractivity (Wildman–Crippen MR) is 572 cm³/mol. The van der Waals surface area contributed by atoms with Crippen molar-refractivity contribution in [3.8, 4) is 62.1 Å². The number of nitrogens with one attached hydrogen (secondary N) is 2. The molecule has 122 heavy (non-hydrogen) atoms. The molecule has 7 aliphatic heterocycles. The summed E-state index contributed by atoms with van der Waals surface area (Å²) in [4.78, 5) is 117. The Morgan fingerprint density at radius 2 is 0.770 bits per heavy atom. The van der Waals surface area contributed by atoms with E-state index in [1.165, 1.54) is 60.0 Å². The first kappa shape index (κ1) is 111. The predicted octanol–water partition coefficient (Wildman–Crippen LogP) is 17.2. The third-order valence-electron chi connectivity index (χ3n) is 18.8. The topological polar surface area (TPSA) is 266 Å².